The van der Waals surface area contributed by atoms with E-state index in [2.05, 4.69) is 4.98 Å². The molecule has 1 heterocycles. The van der Waals surface area contributed by atoms with Crippen LogP contribution in [-0.2, 0) is 4.79 Å². The second-order valence-electron chi connectivity index (χ2n) is 5.27. The molecule has 0 bridgehead atoms. The largest absolute Gasteiger partial charge is 0.451 e. The molecule has 0 aliphatic rings. The molecule has 2 unspecified atom stereocenters. The molecule has 2 aromatic rings. The summed E-state index contributed by atoms with van der Waals surface area (Å²) in [6.45, 7) is 3.81. The number of oxazole rings is 1. The van der Waals surface area contributed by atoms with Gasteiger partial charge in [-0.05, 0) is 17.6 Å². The number of aliphatic hydroxyl groups excluding tert-OH is 1. The molecule has 0 saturated carbocycles. The fourth-order valence-corrected chi connectivity index (χ4v) is 2.25. The SMILES string of the molecule is CC(C)C(C(=O)/C=C/c1ccccc1)C(O)c1cocn1. The molecule has 0 spiro atoms. The quantitative estimate of drug-likeness (QED) is 0.827. The van der Waals surface area contributed by atoms with Crippen molar-refractivity contribution in [3.63, 3.8) is 0 Å². The molecule has 2 atom stereocenters. The molecule has 4 nitrogen and oxygen atoms in total. The van der Waals surface area contributed by atoms with Crippen LogP contribution in [-0.4, -0.2) is 15.9 Å². The minimum Gasteiger partial charge on any atom is -0.451 e. The lowest BCUT2D eigenvalue weighted by atomic mass is 9.85. The van der Waals surface area contributed by atoms with Gasteiger partial charge in [0, 0.05) is 0 Å². The molecule has 110 valence electrons. The van der Waals surface area contributed by atoms with Gasteiger partial charge in [-0.15, -0.1) is 0 Å². The van der Waals surface area contributed by atoms with E-state index in [0.717, 1.165) is 5.56 Å². The van der Waals surface area contributed by atoms with Gasteiger partial charge in [-0.3, -0.25) is 4.79 Å². The Hall–Kier alpha value is -2.20. The monoisotopic (exact) mass is 285 g/mol. The first-order chi connectivity index (χ1) is 10.1. The van der Waals surface area contributed by atoms with Gasteiger partial charge < -0.3 is 9.52 Å². The molecule has 0 fully saturated rings. The number of benzene rings is 1. The van der Waals surface area contributed by atoms with Crippen LogP contribution in [0.2, 0.25) is 0 Å². The highest BCUT2D eigenvalue weighted by molar-refractivity contribution is 5.95. The van der Waals surface area contributed by atoms with Crippen molar-refractivity contribution in [2.45, 2.75) is 20.0 Å². The number of hydrogen-bond acceptors (Lipinski definition) is 4. The molecule has 2 rings (SSSR count). The number of aromatic nitrogens is 1. The molecule has 4 heteroatoms. The average molecular weight is 285 g/mol. The first-order valence-corrected chi connectivity index (χ1v) is 6.92. The van der Waals surface area contributed by atoms with Crippen LogP contribution in [0.4, 0.5) is 0 Å². The van der Waals surface area contributed by atoms with E-state index in [0.29, 0.717) is 5.69 Å². The van der Waals surface area contributed by atoms with E-state index in [-0.39, 0.29) is 11.7 Å². The van der Waals surface area contributed by atoms with Gasteiger partial charge in [0.1, 0.15) is 18.1 Å². The van der Waals surface area contributed by atoms with Gasteiger partial charge in [-0.1, -0.05) is 50.3 Å². The van der Waals surface area contributed by atoms with Gasteiger partial charge in [0.15, 0.2) is 12.2 Å². The van der Waals surface area contributed by atoms with Crippen LogP contribution >= 0.6 is 0 Å². The third kappa shape index (κ3) is 3.89. The Morgan fingerprint density at radius 3 is 2.57 bits per heavy atom. The lowest BCUT2D eigenvalue weighted by Crippen LogP contribution is -2.26. The van der Waals surface area contributed by atoms with Crippen molar-refractivity contribution in [1.82, 2.24) is 4.98 Å². The Labute approximate surface area is 124 Å². The summed E-state index contributed by atoms with van der Waals surface area (Å²) >= 11 is 0. The van der Waals surface area contributed by atoms with Crippen LogP contribution in [0, 0.1) is 11.8 Å². The predicted molar refractivity (Wildman–Crippen MR) is 80.3 cm³/mol. The molecule has 0 aliphatic carbocycles. The fraction of sp³-hybridized carbons (Fsp3) is 0.294. The zero-order valence-corrected chi connectivity index (χ0v) is 12.1. The van der Waals surface area contributed by atoms with Crippen LogP contribution in [0.15, 0.2) is 53.5 Å². The van der Waals surface area contributed by atoms with Crippen molar-refractivity contribution in [1.29, 1.82) is 0 Å². The molecular weight excluding hydrogens is 266 g/mol. The summed E-state index contributed by atoms with van der Waals surface area (Å²) in [5.41, 5.74) is 1.33. The fourth-order valence-electron chi connectivity index (χ4n) is 2.25. The molecular formula is C17H19NO3. The van der Waals surface area contributed by atoms with Crippen molar-refractivity contribution in [2.24, 2.45) is 11.8 Å². The highest BCUT2D eigenvalue weighted by Gasteiger charge is 2.30. The molecule has 21 heavy (non-hydrogen) atoms. The highest BCUT2D eigenvalue weighted by Crippen LogP contribution is 2.28. The lowest BCUT2D eigenvalue weighted by molar-refractivity contribution is -0.123. The average Bonchev–Trinajstić information content (AvgIpc) is 3.00. The van der Waals surface area contributed by atoms with E-state index in [1.165, 1.54) is 18.7 Å². The van der Waals surface area contributed by atoms with E-state index in [9.17, 15) is 9.90 Å². The third-order valence-electron chi connectivity index (χ3n) is 3.38. The maximum Gasteiger partial charge on any atom is 0.180 e. The minimum atomic E-state index is -0.961. The molecule has 0 radical (unpaired) electrons. The van der Waals surface area contributed by atoms with Gasteiger partial charge in [0.2, 0.25) is 0 Å². The normalized spacial score (nSPS) is 14.5. The van der Waals surface area contributed by atoms with Crippen LogP contribution in [0.25, 0.3) is 6.08 Å². The lowest BCUT2D eigenvalue weighted by Gasteiger charge is -2.22. The van der Waals surface area contributed by atoms with Gasteiger partial charge in [0.25, 0.3) is 0 Å². The zero-order valence-electron chi connectivity index (χ0n) is 12.1. The highest BCUT2D eigenvalue weighted by atomic mass is 16.3. The smallest absolute Gasteiger partial charge is 0.180 e. The van der Waals surface area contributed by atoms with Crippen molar-refractivity contribution >= 4 is 11.9 Å². The Kier molecular flexibility index (Phi) is 5.06. The number of carbonyl (C=O) groups excluding carboxylic acids is 1. The van der Waals surface area contributed by atoms with Gasteiger partial charge in [-0.2, -0.15) is 0 Å². The Morgan fingerprint density at radius 1 is 1.29 bits per heavy atom. The number of rotatable bonds is 6. The van der Waals surface area contributed by atoms with Crippen molar-refractivity contribution in [2.75, 3.05) is 0 Å². The Balaban J connectivity index is 2.15. The minimum absolute atomic E-state index is 0.00961. The maximum absolute atomic E-state index is 12.4. The number of carbonyl (C=O) groups is 1. The van der Waals surface area contributed by atoms with Gasteiger partial charge in [0.05, 0.1) is 5.92 Å². The van der Waals surface area contributed by atoms with Crippen LogP contribution in [0.3, 0.4) is 0 Å². The first kappa shape index (κ1) is 15.2. The molecule has 1 aromatic carbocycles. The van der Waals surface area contributed by atoms with Crippen molar-refractivity contribution < 1.29 is 14.3 Å². The summed E-state index contributed by atoms with van der Waals surface area (Å²) < 4.78 is 4.87. The summed E-state index contributed by atoms with van der Waals surface area (Å²) in [6, 6.07) is 9.58. The molecule has 0 saturated heterocycles. The first-order valence-electron chi connectivity index (χ1n) is 6.92. The summed E-state index contributed by atoms with van der Waals surface area (Å²) in [5, 5.41) is 10.3. The van der Waals surface area contributed by atoms with Crippen LogP contribution in [0.5, 0.6) is 0 Å². The summed E-state index contributed by atoms with van der Waals surface area (Å²) in [7, 11) is 0. The number of nitrogens with zero attached hydrogens (tertiary/aromatic N) is 1. The van der Waals surface area contributed by atoms with E-state index in [4.69, 9.17) is 4.42 Å². The number of aliphatic hydroxyl groups is 1. The standard InChI is InChI=1S/C17H19NO3/c1-12(2)16(17(20)14-10-21-11-18-14)15(19)9-8-13-6-4-3-5-7-13/h3-12,16-17,20H,1-2H3/b9-8+. The van der Waals surface area contributed by atoms with Crippen molar-refractivity contribution in [3.8, 4) is 0 Å². The van der Waals surface area contributed by atoms with E-state index >= 15 is 0 Å². The Morgan fingerprint density at radius 2 is 2.00 bits per heavy atom. The van der Waals surface area contributed by atoms with Crippen molar-refractivity contribution in [3.05, 3.63) is 60.3 Å². The van der Waals surface area contributed by atoms with E-state index in [1.807, 2.05) is 44.2 Å². The molecule has 0 amide bonds. The molecule has 0 aliphatic heterocycles. The molecule has 1 N–H and O–H groups in total. The van der Waals surface area contributed by atoms with E-state index in [1.54, 1.807) is 6.08 Å². The second kappa shape index (κ2) is 6.99. The molecule has 1 aromatic heterocycles. The maximum atomic E-state index is 12.4. The summed E-state index contributed by atoms with van der Waals surface area (Å²) in [5.74, 6) is -0.677. The van der Waals surface area contributed by atoms with E-state index < -0.39 is 12.0 Å². The van der Waals surface area contributed by atoms with Gasteiger partial charge in [-0.25, -0.2) is 4.98 Å². The zero-order chi connectivity index (χ0) is 15.2. The summed E-state index contributed by atoms with van der Waals surface area (Å²) in [6.07, 6.45) is 4.93. The van der Waals surface area contributed by atoms with Crippen LogP contribution < -0.4 is 0 Å². The third-order valence-corrected chi connectivity index (χ3v) is 3.38. The predicted octanol–water partition coefficient (Wildman–Crippen LogP) is 3.26. The van der Waals surface area contributed by atoms with Gasteiger partial charge >= 0.3 is 0 Å². The summed E-state index contributed by atoms with van der Waals surface area (Å²) in [4.78, 5) is 16.3. The number of hydrogen-bond donors (Lipinski definition) is 1. The topological polar surface area (TPSA) is 63.3 Å². The second-order valence-corrected chi connectivity index (χ2v) is 5.27. The Bertz CT molecular complexity index is 588. The number of ketones is 1. The number of allylic oxidation sites excluding steroid dienone is 1. The van der Waals surface area contributed by atoms with Crippen LogP contribution in [0.1, 0.15) is 31.2 Å².